The third-order valence-corrected chi connectivity index (χ3v) is 5.49. The van der Waals surface area contributed by atoms with Crippen molar-refractivity contribution in [2.24, 2.45) is 4.99 Å². The van der Waals surface area contributed by atoms with E-state index >= 15 is 0 Å². The first-order chi connectivity index (χ1) is 13.6. The van der Waals surface area contributed by atoms with E-state index in [1.165, 1.54) is 25.7 Å². The van der Waals surface area contributed by atoms with Crippen LogP contribution in [0.4, 0.5) is 0 Å². The van der Waals surface area contributed by atoms with Gasteiger partial charge in [0.05, 0.1) is 11.8 Å². The predicted molar refractivity (Wildman–Crippen MR) is 113 cm³/mol. The molecular formula is C24H31NO3. The highest BCUT2D eigenvalue weighted by Crippen LogP contribution is 2.24. The quantitative estimate of drug-likeness (QED) is 0.698. The van der Waals surface area contributed by atoms with Crippen molar-refractivity contribution < 1.29 is 9.52 Å². The van der Waals surface area contributed by atoms with E-state index in [0.29, 0.717) is 24.3 Å². The molecule has 1 aromatic carbocycles. The second-order valence-electron chi connectivity index (χ2n) is 7.75. The predicted octanol–water partition coefficient (Wildman–Crippen LogP) is 5.96. The fourth-order valence-electron chi connectivity index (χ4n) is 3.86. The van der Waals surface area contributed by atoms with Crippen LogP contribution in [0.25, 0.3) is 0 Å². The Hall–Kier alpha value is -2.36. The minimum absolute atomic E-state index is 0.000124. The Bertz CT molecular complexity index is 839. The van der Waals surface area contributed by atoms with Crippen molar-refractivity contribution in [3.8, 4) is 5.75 Å². The highest BCUT2D eigenvalue weighted by molar-refractivity contribution is 6.02. The van der Waals surface area contributed by atoms with Crippen LogP contribution in [0.1, 0.15) is 87.6 Å². The lowest BCUT2D eigenvalue weighted by Gasteiger charge is -2.13. The summed E-state index contributed by atoms with van der Waals surface area (Å²) in [5.74, 6) is 0.566. The van der Waals surface area contributed by atoms with Crippen LogP contribution in [0.5, 0.6) is 5.75 Å². The Morgan fingerprint density at radius 2 is 1.54 bits per heavy atom. The number of aryl methyl sites for hydroxylation is 1. The average molecular weight is 382 g/mol. The van der Waals surface area contributed by atoms with Crippen LogP contribution < -0.4 is 5.63 Å². The summed E-state index contributed by atoms with van der Waals surface area (Å²) in [4.78, 5) is 17.5. The molecule has 1 N–H and O–H groups in total. The molecule has 0 saturated carbocycles. The van der Waals surface area contributed by atoms with E-state index in [1.54, 1.807) is 6.07 Å². The lowest BCUT2D eigenvalue weighted by Crippen LogP contribution is -2.17. The molecule has 4 nitrogen and oxygen atoms in total. The molecule has 2 aliphatic rings. The molecule has 4 rings (SSSR count). The number of fused-ring (bicyclic) bond motifs is 12. The van der Waals surface area contributed by atoms with Gasteiger partial charge in [-0.15, -0.1) is 0 Å². The van der Waals surface area contributed by atoms with Crippen molar-refractivity contribution in [1.82, 2.24) is 0 Å². The number of aliphatic imine (C=N–C) groups is 1. The van der Waals surface area contributed by atoms with Gasteiger partial charge in [0.1, 0.15) is 17.1 Å². The van der Waals surface area contributed by atoms with Gasteiger partial charge in [-0.2, -0.15) is 0 Å². The third-order valence-electron chi connectivity index (χ3n) is 5.49. The fraction of sp³-hybridized carbons (Fsp3) is 0.500. The molecule has 0 fully saturated rings. The van der Waals surface area contributed by atoms with Gasteiger partial charge in [0.2, 0.25) is 0 Å². The average Bonchev–Trinajstić information content (AvgIpc) is 2.69. The molecule has 2 heterocycles. The number of hydrogen-bond acceptors (Lipinski definition) is 4. The van der Waals surface area contributed by atoms with Crippen LogP contribution in [0, 0.1) is 0 Å². The number of benzene rings is 1. The molecular weight excluding hydrogens is 350 g/mol. The van der Waals surface area contributed by atoms with Gasteiger partial charge >= 0.3 is 5.63 Å². The minimum Gasteiger partial charge on any atom is -0.507 e. The molecule has 0 saturated heterocycles. The molecule has 2 bridgehead atoms. The maximum atomic E-state index is 12.7. The summed E-state index contributed by atoms with van der Waals surface area (Å²) in [6.45, 7) is 2.02. The monoisotopic (exact) mass is 381 g/mol. The maximum Gasteiger partial charge on any atom is 0.348 e. The molecule has 1 atom stereocenters. The summed E-state index contributed by atoms with van der Waals surface area (Å²) in [6.07, 6.45) is 10.5. The van der Waals surface area contributed by atoms with Gasteiger partial charge in [0.15, 0.2) is 0 Å². The summed E-state index contributed by atoms with van der Waals surface area (Å²) in [6, 6.07) is 11.5. The Morgan fingerprint density at radius 3 is 2.18 bits per heavy atom. The SMILES string of the molecule is C[C@@H](N=C1CCCCCCCCCCc2cc(O)c1c(=O)o2)c1ccccc1. The van der Waals surface area contributed by atoms with Gasteiger partial charge in [-0.25, -0.2) is 4.79 Å². The molecule has 1 aliphatic heterocycles. The van der Waals surface area contributed by atoms with E-state index in [-0.39, 0.29) is 17.4 Å². The fourth-order valence-corrected chi connectivity index (χ4v) is 3.86. The van der Waals surface area contributed by atoms with Crippen molar-refractivity contribution in [2.45, 2.75) is 77.2 Å². The van der Waals surface area contributed by atoms with Gasteiger partial charge in [-0.05, 0) is 31.7 Å². The molecule has 1 aliphatic carbocycles. The maximum absolute atomic E-state index is 12.7. The Kier molecular flexibility index (Phi) is 7.46. The Morgan fingerprint density at radius 1 is 0.929 bits per heavy atom. The number of nitrogens with zero attached hydrogens (tertiary/aromatic N) is 1. The zero-order chi connectivity index (χ0) is 19.8. The van der Waals surface area contributed by atoms with Crippen molar-refractivity contribution in [2.75, 3.05) is 0 Å². The van der Waals surface area contributed by atoms with E-state index in [9.17, 15) is 9.90 Å². The second kappa shape index (κ2) is 10.3. The summed E-state index contributed by atoms with van der Waals surface area (Å²) in [7, 11) is 0. The Balaban J connectivity index is 1.94. The molecule has 0 unspecified atom stereocenters. The van der Waals surface area contributed by atoms with Gasteiger partial charge in [0.25, 0.3) is 0 Å². The molecule has 1 aromatic heterocycles. The lowest BCUT2D eigenvalue weighted by atomic mass is 10.0. The number of aromatic hydroxyl groups is 1. The third kappa shape index (κ3) is 5.57. The standard InChI is InChI=1S/C24H31NO3/c1-18(19-13-9-8-10-14-19)25-21-16-12-7-5-3-2-4-6-11-15-20-17-22(26)23(21)24(27)28-20/h8-10,13-14,17-18,26H,2-7,11-12,15-16H2,1H3/t18-/m1/s1. The normalized spacial score (nSPS) is 19.1. The zero-order valence-corrected chi connectivity index (χ0v) is 16.8. The number of hydrogen-bond donors (Lipinski definition) is 1. The molecule has 28 heavy (non-hydrogen) atoms. The van der Waals surface area contributed by atoms with E-state index in [4.69, 9.17) is 9.41 Å². The Labute approximate surface area is 167 Å². The summed E-state index contributed by atoms with van der Waals surface area (Å²) < 4.78 is 5.54. The molecule has 0 amide bonds. The molecule has 0 radical (unpaired) electrons. The first kappa shape index (κ1) is 20.4. The molecule has 150 valence electrons. The van der Waals surface area contributed by atoms with Crippen LogP contribution in [-0.4, -0.2) is 10.8 Å². The molecule has 4 heteroatoms. The van der Waals surface area contributed by atoms with Crippen LogP contribution in [-0.2, 0) is 6.42 Å². The van der Waals surface area contributed by atoms with Crippen LogP contribution >= 0.6 is 0 Å². The summed E-state index contributed by atoms with van der Waals surface area (Å²) in [5.41, 5.74) is 1.51. The van der Waals surface area contributed by atoms with Gasteiger partial charge < -0.3 is 9.52 Å². The first-order valence-corrected chi connectivity index (χ1v) is 10.6. The minimum atomic E-state index is -0.469. The van der Waals surface area contributed by atoms with E-state index in [2.05, 4.69) is 0 Å². The van der Waals surface area contributed by atoms with E-state index in [0.717, 1.165) is 31.2 Å². The smallest absolute Gasteiger partial charge is 0.348 e. The molecule has 0 spiro atoms. The summed E-state index contributed by atoms with van der Waals surface area (Å²) >= 11 is 0. The summed E-state index contributed by atoms with van der Waals surface area (Å²) in [5, 5.41) is 10.6. The number of rotatable bonds is 2. The van der Waals surface area contributed by atoms with Crippen molar-refractivity contribution in [3.05, 3.63) is 63.7 Å². The van der Waals surface area contributed by atoms with Crippen molar-refractivity contribution in [3.63, 3.8) is 0 Å². The largest absolute Gasteiger partial charge is 0.507 e. The second-order valence-corrected chi connectivity index (χ2v) is 7.75. The van der Waals surface area contributed by atoms with E-state index < -0.39 is 5.63 Å². The van der Waals surface area contributed by atoms with E-state index in [1.807, 2.05) is 37.3 Å². The topological polar surface area (TPSA) is 62.8 Å². The van der Waals surface area contributed by atoms with Crippen molar-refractivity contribution in [1.29, 1.82) is 0 Å². The van der Waals surface area contributed by atoms with Crippen LogP contribution in [0.3, 0.4) is 0 Å². The van der Waals surface area contributed by atoms with Gasteiger partial charge in [-0.3, -0.25) is 4.99 Å². The van der Waals surface area contributed by atoms with Gasteiger partial charge in [-0.1, -0.05) is 68.9 Å². The van der Waals surface area contributed by atoms with Crippen LogP contribution in [0.15, 0.2) is 50.6 Å². The zero-order valence-electron chi connectivity index (χ0n) is 16.8. The van der Waals surface area contributed by atoms with Gasteiger partial charge in [0, 0.05) is 12.5 Å². The molecule has 2 aromatic rings. The first-order valence-electron chi connectivity index (χ1n) is 10.6. The lowest BCUT2D eigenvalue weighted by molar-refractivity contribution is 0.416. The highest BCUT2D eigenvalue weighted by atomic mass is 16.4. The van der Waals surface area contributed by atoms with Crippen molar-refractivity contribution >= 4 is 5.71 Å². The highest BCUT2D eigenvalue weighted by Gasteiger charge is 2.19. The van der Waals surface area contributed by atoms with Crippen LogP contribution in [0.2, 0.25) is 0 Å².